The van der Waals surface area contributed by atoms with Crippen molar-refractivity contribution in [3.05, 3.63) is 23.5 Å². The Morgan fingerprint density at radius 3 is 2.80 bits per heavy atom. The predicted molar refractivity (Wildman–Crippen MR) is 75.4 cm³/mol. The average Bonchev–Trinajstić information content (AvgIpc) is 2.92. The maximum Gasteiger partial charge on any atom is 0.254 e. The van der Waals surface area contributed by atoms with Crippen molar-refractivity contribution in [2.45, 2.75) is 12.8 Å². The minimum atomic E-state index is -0.637. The molecule has 1 aliphatic rings. The van der Waals surface area contributed by atoms with Crippen molar-refractivity contribution >= 4 is 11.6 Å². The number of hydrogen-bond donors (Lipinski definition) is 2. The number of ether oxygens (including phenoxy) is 1. The second kappa shape index (κ2) is 6.56. The van der Waals surface area contributed by atoms with Crippen LogP contribution in [-0.4, -0.2) is 44.1 Å². The molecule has 1 heterocycles. The highest BCUT2D eigenvalue weighted by atomic mass is 19.1. The molecule has 1 amide bonds. The van der Waals surface area contributed by atoms with Gasteiger partial charge in [0.15, 0.2) is 0 Å². The number of benzene rings is 1. The molecule has 2 rings (SSSR count). The highest BCUT2D eigenvalue weighted by molar-refractivity contribution is 5.95. The normalized spacial score (nSPS) is 15.3. The van der Waals surface area contributed by atoms with Crippen LogP contribution in [0.1, 0.15) is 23.2 Å². The van der Waals surface area contributed by atoms with E-state index >= 15 is 0 Å². The number of rotatable bonds is 5. The van der Waals surface area contributed by atoms with E-state index in [-0.39, 0.29) is 11.3 Å². The summed E-state index contributed by atoms with van der Waals surface area (Å²) < 4.78 is 18.7. The SMILES string of the molecule is COc1cc(C(=O)NCCN2CCCC2)c(F)cc1N. The zero-order valence-electron chi connectivity index (χ0n) is 11.6. The summed E-state index contributed by atoms with van der Waals surface area (Å²) in [6, 6.07) is 2.43. The lowest BCUT2D eigenvalue weighted by Crippen LogP contribution is -2.33. The molecule has 1 aromatic rings. The zero-order chi connectivity index (χ0) is 14.5. The summed E-state index contributed by atoms with van der Waals surface area (Å²) in [5.74, 6) is -0.780. The van der Waals surface area contributed by atoms with Crippen molar-refractivity contribution < 1.29 is 13.9 Å². The van der Waals surface area contributed by atoms with E-state index in [4.69, 9.17) is 10.5 Å². The number of carbonyl (C=O) groups is 1. The number of carbonyl (C=O) groups excluding carboxylic acids is 1. The van der Waals surface area contributed by atoms with E-state index in [1.54, 1.807) is 0 Å². The van der Waals surface area contributed by atoms with Crippen molar-refractivity contribution in [3.8, 4) is 5.75 Å². The van der Waals surface area contributed by atoms with Gasteiger partial charge in [0.2, 0.25) is 0 Å². The molecule has 110 valence electrons. The molecule has 0 atom stereocenters. The molecule has 0 spiro atoms. The van der Waals surface area contributed by atoms with Crippen LogP contribution in [0.2, 0.25) is 0 Å². The number of likely N-dealkylation sites (tertiary alicyclic amines) is 1. The van der Waals surface area contributed by atoms with Crippen LogP contribution in [0.3, 0.4) is 0 Å². The Balaban J connectivity index is 1.94. The standard InChI is InChI=1S/C14H20FN3O2/c1-20-13-8-10(11(15)9-12(13)16)14(19)17-4-7-18-5-2-3-6-18/h8-9H,2-7,16H2,1H3,(H,17,19). The Kier molecular flexibility index (Phi) is 4.79. The number of amides is 1. The van der Waals surface area contributed by atoms with E-state index in [0.29, 0.717) is 12.3 Å². The Morgan fingerprint density at radius 2 is 2.15 bits per heavy atom. The first-order chi connectivity index (χ1) is 9.61. The summed E-state index contributed by atoms with van der Waals surface area (Å²) in [4.78, 5) is 14.2. The quantitative estimate of drug-likeness (QED) is 0.797. The highest BCUT2D eigenvalue weighted by Gasteiger charge is 2.16. The predicted octanol–water partition coefficient (Wildman–Crippen LogP) is 1.24. The van der Waals surface area contributed by atoms with Crippen molar-refractivity contribution in [1.29, 1.82) is 0 Å². The molecule has 1 fully saturated rings. The minimum absolute atomic E-state index is 0.0440. The first kappa shape index (κ1) is 14.6. The molecule has 0 aliphatic carbocycles. The lowest BCUT2D eigenvalue weighted by Gasteiger charge is -2.15. The van der Waals surface area contributed by atoms with Crippen molar-refractivity contribution in [2.75, 3.05) is 39.0 Å². The fraction of sp³-hybridized carbons (Fsp3) is 0.500. The van der Waals surface area contributed by atoms with E-state index in [1.807, 2.05) is 0 Å². The molecular weight excluding hydrogens is 261 g/mol. The van der Waals surface area contributed by atoms with Gasteiger partial charge in [-0.05, 0) is 32.0 Å². The summed E-state index contributed by atoms with van der Waals surface area (Å²) in [6.07, 6.45) is 2.41. The molecule has 0 aromatic heterocycles. The van der Waals surface area contributed by atoms with Gasteiger partial charge in [0.1, 0.15) is 11.6 Å². The second-order valence-electron chi connectivity index (χ2n) is 4.88. The van der Waals surface area contributed by atoms with E-state index < -0.39 is 11.7 Å². The molecule has 0 bridgehead atoms. The first-order valence-corrected chi connectivity index (χ1v) is 6.75. The van der Waals surface area contributed by atoms with Crippen LogP contribution >= 0.6 is 0 Å². The summed E-state index contributed by atoms with van der Waals surface area (Å²) in [7, 11) is 1.43. The molecule has 0 unspecified atom stereocenters. The zero-order valence-corrected chi connectivity index (χ0v) is 11.6. The number of anilines is 1. The monoisotopic (exact) mass is 281 g/mol. The molecule has 0 saturated carbocycles. The van der Waals surface area contributed by atoms with Crippen LogP contribution in [0, 0.1) is 5.82 Å². The van der Waals surface area contributed by atoms with E-state index in [9.17, 15) is 9.18 Å². The van der Waals surface area contributed by atoms with Gasteiger partial charge in [-0.3, -0.25) is 4.79 Å². The largest absolute Gasteiger partial charge is 0.495 e. The topological polar surface area (TPSA) is 67.6 Å². The lowest BCUT2D eigenvalue weighted by atomic mass is 10.1. The number of nitrogens with one attached hydrogen (secondary N) is 1. The molecule has 5 nitrogen and oxygen atoms in total. The van der Waals surface area contributed by atoms with Gasteiger partial charge in [0.25, 0.3) is 5.91 Å². The van der Waals surface area contributed by atoms with Gasteiger partial charge in [-0.25, -0.2) is 4.39 Å². The van der Waals surface area contributed by atoms with Crippen LogP contribution < -0.4 is 15.8 Å². The third-order valence-electron chi connectivity index (χ3n) is 3.48. The van der Waals surface area contributed by atoms with Gasteiger partial charge in [-0.1, -0.05) is 0 Å². The number of nitrogens with zero attached hydrogens (tertiary/aromatic N) is 1. The fourth-order valence-corrected chi connectivity index (χ4v) is 2.35. The first-order valence-electron chi connectivity index (χ1n) is 6.75. The summed E-state index contributed by atoms with van der Waals surface area (Å²) >= 11 is 0. The van der Waals surface area contributed by atoms with Gasteiger partial charge in [-0.2, -0.15) is 0 Å². The van der Waals surface area contributed by atoms with Gasteiger partial charge in [-0.15, -0.1) is 0 Å². The highest BCUT2D eigenvalue weighted by Crippen LogP contribution is 2.24. The van der Waals surface area contributed by atoms with Crippen LogP contribution in [0.25, 0.3) is 0 Å². The maximum absolute atomic E-state index is 13.7. The van der Waals surface area contributed by atoms with Gasteiger partial charge < -0.3 is 20.7 Å². The van der Waals surface area contributed by atoms with Crippen molar-refractivity contribution in [3.63, 3.8) is 0 Å². The van der Waals surface area contributed by atoms with Crippen LogP contribution in [0.5, 0.6) is 5.75 Å². The van der Waals surface area contributed by atoms with E-state index in [2.05, 4.69) is 10.2 Å². The molecule has 1 aromatic carbocycles. The Bertz CT molecular complexity index is 488. The molecular formula is C14H20FN3O2. The van der Waals surface area contributed by atoms with Crippen LogP contribution in [-0.2, 0) is 0 Å². The Morgan fingerprint density at radius 1 is 1.45 bits per heavy atom. The number of nitrogen functional groups attached to an aromatic ring is 1. The van der Waals surface area contributed by atoms with Gasteiger partial charge >= 0.3 is 0 Å². The Labute approximate surface area is 117 Å². The molecule has 20 heavy (non-hydrogen) atoms. The van der Waals surface area contributed by atoms with Crippen LogP contribution in [0.4, 0.5) is 10.1 Å². The van der Waals surface area contributed by atoms with Crippen molar-refractivity contribution in [1.82, 2.24) is 10.2 Å². The number of hydrogen-bond acceptors (Lipinski definition) is 4. The van der Waals surface area contributed by atoms with Crippen molar-refractivity contribution in [2.24, 2.45) is 0 Å². The third-order valence-corrected chi connectivity index (χ3v) is 3.48. The van der Waals surface area contributed by atoms with E-state index in [0.717, 1.165) is 25.7 Å². The average molecular weight is 281 g/mol. The van der Waals surface area contributed by atoms with Gasteiger partial charge in [0, 0.05) is 19.2 Å². The number of halogens is 1. The number of nitrogens with two attached hydrogens (primary N) is 1. The lowest BCUT2D eigenvalue weighted by molar-refractivity contribution is 0.0945. The second-order valence-corrected chi connectivity index (χ2v) is 4.88. The fourth-order valence-electron chi connectivity index (χ4n) is 2.35. The summed E-state index contributed by atoms with van der Waals surface area (Å²) in [6.45, 7) is 3.43. The molecule has 0 radical (unpaired) electrons. The summed E-state index contributed by atoms with van der Waals surface area (Å²) in [5, 5.41) is 2.72. The third kappa shape index (κ3) is 3.39. The molecule has 1 saturated heterocycles. The minimum Gasteiger partial charge on any atom is -0.495 e. The summed E-state index contributed by atoms with van der Waals surface area (Å²) in [5.41, 5.74) is 5.72. The van der Waals surface area contributed by atoms with Crippen LogP contribution in [0.15, 0.2) is 12.1 Å². The smallest absolute Gasteiger partial charge is 0.254 e. The van der Waals surface area contributed by atoms with E-state index in [1.165, 1.54) is 26.0 Å². The van der Waals surface area contributed by atoms with Gasteiger partial charge in [0.05, 0.1) is 18.4 Å². The molecule has 3 N–H and O–H groups in total. The Hall–Kier alpha value is -1.82. The molecule has 1 aliphatic heterocycles. The number of methoxy groups -OCH3 is 1. The maximum atomic E-state index is 13.7. The molecule has 6 heteroatoms.